The van der Waals surface area contributed by atoms with Crippen LogP contribution in [0.2, 0.25) is 0 Å². The number of hydrogen-bond acceptors (Lipinski definition) is 2. The summed E-state index contributed by atoms with van der Waals surface area (Å²) in [5.74, 6) is -0.399. The summed E-state index contributed by atoms with van der Waals surface area (Å²) in [6.07, 6.45) is 5.80. The number of halogens is 1. The zero-order valence-corrected chi connectivity index (χ0v) is 7.07. The Hall–Kier alpha value is -1.51. The van der Waals surface area contributed by atoms with Crippen molar-refractivity contribution in [2.45, 2.75) is 6.42 Å². The average molecular weight is 176 g/mol. The third kappa shape index (κ3) is 1.64. The molecular weight excluding hydrogens is 167 g/mol. The zero-order chi connectivity index (χ0) is 9.10. The van der Waals surface area contributed by atoms with Gasteiger partial charge in [0, 0.05) is 24.5 Å². The molecule has 0 saturated carbocycles. The van der Waals surface area contributed by atoms with Crippen LogP contribution in [0.15, 0.2) is 29.4 Å². The molecule has 0 spiro atoms. The van der Waals surface area contributed by atoms with Crippen molar-refractivity contribution < 1.29 is 4.39 Å². The minimum absolute atomic E-state index is 0.399. The van der Waals surface area contributed by atoms with Gasteiger partial charge in [-0.2, -0.15) is 4.39 Å². The minimum Gasteiger partial charge on any atom is -0.293 e. The van der Waals surface area contributed by atoms with Crippen molar-refractivity contribution in [1.29, 1.82) is 0 Å². The summed E-state index contributed by atoms with van der Waals surface area (Å²) in [4.78, 5) is 7.64. The predicted octanol–water partition coefficient (Wildman–Crippen LogP) is 2.08. The fourth-order valence-corrected chi connectivity index (χ4v) is 1.34. The second-order valence-electron chi connectivity index (χ2n) is 2.84. The number of nitrogens with zero attached hydrogens (tertiary/aromatic N) is 2. The van der Waals surface area contributed by atoms with Gasteiger partial charge in [-0.15, -0.1) is 0 Å². The second kappa shape index (κ2) is 3.47. The zero-order valence-electron chi connectivity index (χ0n) is 7.07. The Bertz CT molecular complexity index is 369. The molecule has 0 saturated heterocycles. The molecule has 0 unspecified atom stereocenters. The molecule has 0 fully saturated rings. The lowest BCUT2D eigenvalue weighted by Crippen LogP contribution is -1.98. The molecule has 0 amide bonds. The minimum atomic E-state index is -0.399. The van der Waals surface area contributed by atoms with Crippen LogP contribution in [0.25, 0.3) is 5.57 Å². The first-order valence-corrected chi connectivity index (χ1v) is 4.18. The molecule has 1 aliphatic rings. The lowest BCUT2D eigenvalue weighted by Gasteiger charge is -2.08. The highest BCUT2D eigenvalue weighted by atomic mass is 19.1. The van der Waals surface area contributed by atoms with E-state index in [4.69, 9.17) is 0 Å². The lowest BCUT2D eigenvalue weighted by atomic mass is 10.0. The van der Waals surface area contributed by atoms with E-state index in [0.717, 1.165) is 18.5 Å². The SMILES string of the molecule is Fc1ncccc1C1=CC=NCC1. The summed E-state index contributed by atoms with van der Waals surface area (Å²) in [5, 5.41) is 0. The van der Waals surface area contributed by atoms with Gasteiger partial charge in [0.05, 0.1) is 0 Å². The van der Waals surface area contributed by atoms with Crippen molar-refractivity contribution in [2.24, 2.45) is 4.99 Å². The van der Waals surface area contributed by atoms with Crippen LogP contribution < -0.4 is 0 Å². The monoisotopic (exact) mass is 176 g/mol. The highest BCUT2D eigenvalue weighted by molar-refractivity contribution is 5.86. The number of rotatable bonds is 1. The van der Waals surface area contributed by atoms with Crippen LogP contribution in [0.3, 0.4) is 0 Å². The Morgan fingerprint density at radius 1 is 1.38 bits per heavy atom. The summed E-state index contributed by atoms with van der Waals surface area (Å²) in [7, 11) is 0. The molecule has 1 aromatic heterocycles. The van der Waals surface area contributed by atoms with E-state index in [0.29, 0.717) is 5.56 Å². The Kier molecular flexibility index (Phi) is 2.17. The van der Waals surface area contributed by atoms with Gasteiger partial charge in [-0.1, -0.05) is 0 Å². The van der Waals surface area contributed by atoms with Crippen LogP contribution >= 0.6 is 0 Å². The van der Waals surface area contributed by atoms with E-state index in [2.05, 4.69) is 9.98 Å². The van der Waals surface area contributed by atoms with Crippen LogP contribution in [-0.2, 0) is 0 Å². The van der Waals surface area contributed by atoms with Crippen molar-refractivity contribution in [1.82, 2.24) is 4.98 Å². The number of pyridine rings is 1. The van der Waals surface area contributed by atoms with Gasteiger partial charge in [0.2, 0.25) is 5.95 Å². The molecular formula is C10H9FN2. The summed E-state index contributed by atoms with van der Waals surface area (Å²) in [5.41, 5.74) is 1.56. The maximum atomic E-state index is 13.2. The first kappa shape index (κ1) is 8.10. The van der Waals surface area contributed by atoms with Crippen molar-refractivity contribution in [3.05, 3.63) is 35.9 Å². The van der Waals surface area contributed by atoms with Crippen molar-refractivity contribution in [3.8, 4) is 0 Å². The molecule has 0 aliphatic carbocycles. The van der Waals surface area contributed by atoms with Crippen molar-refractivity contribution >= 4 is 11.8 Å². The van der Waals surface area contributed by atoms with Crippen LogP contribution in [0, 0.1) is 5.95 Å². The van der Waals surface area contributed by atoms with Gasteiger partial charge in [-0.25, -0.2) is 4.98 Å². The Balaban J connectivity index is 2.40. The van der Waals surface area contributed by atoms with Gasteiger partial charge in [-0.05, 0) is 30.2 Å². The van der Waals surface area contributed by atoms with Crippen molar-refractivity contribution in [2.75, 3.05) is 6.54 Å². The van der Waals surface area contributed by atoms with Crippen LogP contribution in [0.4, 0.5) is 4.39 Å². The molecule has 0 bridgehead atoms. The van der Waals surface area contributed by atoms with Gasteiger partial charge in [0.1, 0.15) is 0 Å². The lowest BCUT2D eigenvalue weighted by molar-refractivity contribution is 0.579. The van der Waals surface area contributed by atoms with Crippen LogP contribution in [0.5, 0.6) is 0 Å². The van der Waals surface area contributed by atoms with Crippen LogP contribution in [-0.4, -0.2) is 17.7 Å². The van der Waals surface area contributed by atoms with Gasteiger partial charge in [0.15, 0.2) is 0 Å². The highest BCUT2D eigenvalue weighted by Crippen LogP contribution is 2.20. The predicted molar refractivity (Wildman–Crippen MR) is 50.1 cm³/mol. The van der Waals surface area contributed by atoms with Crippen molar-refractivity contribution in [3.63, 3.8) is 0 Å². The number of aliphatic imine (C=N–C) groups is 1. The molecule has 1 aliphatic heterocycles. The Morgan fingerprint density at radius 3 is 3.00 bits per heavy atom. The molecule has 2 rings (SSSR count). The first-order valence-electron chi connectivity index (χ1n) is 4.18. The van der Waals surface area contributed by atoms with Gasteiger partial charge in [0.25, 0.3) is 0 Å². The molecule has 2 nitrogen and oxygen atoms in total. The normalized spacial score (nSPS) is 15.6. The van der Waals surface area contributed by atoms with E-state index < -0.39 is 5.95 Å². The second-order valence-corrected chi connectivity index (χ2v) is 2.84. The molecule has 0 radical (unpaired) electrons. The number of dihydropyridines is 1. The van der Waals surface area contributed by atoms with E-state index in [1.54, 1.807) is 18.3 Å². The molecule has 2 heterocycles. The molecule has 0 atom stereocenters. The Morgan fingerprint density at radius 2 is 2.31 bits per heavy atom. The highest BCUT2D eigenvalue weighted by Gasteiger charge is 2.08. The van der Waals surface area contributed by atoms with E-state index in [1.807, 2.05) is 6.08 Å². The quantitative estimate of drug-likeness (QED) is 0.601. The maximum absolute atomic E-state index is 13.2. The maximum Gasteiger partial charge on any atom is 0.220 e. The van der Waals surface area contributed by atoms with Gasteiger partial charge in [-0.3, -0.25) is 4.99 Å². The molecule has 1 aromatic rings. The van der Waals surface area contributed by atoms with Gasteiger partial charge >= 0.3 is 0 Å². The molecule has 0 aromatic carbocycles. The molecule has 66 valence electrons. The molecule has 3 heteroatoms. The Labute approximate surface area is 75.8 Å². The van der Waals surface area contributed by atoms with Gasteiger partial charge < -0.3 is 0 Å². The summed E-state index contributed by atoms with van der Waals surface area (Å²) in [6, 6.07) is 3.48. The largest absolute Gasteiger partial charge is 0.293 e. The third-order valence-electron chi connectivity index (χ3n) is 2.00. The first-order chi connectivity index (χ1) is 6.38. The van der Waals surface area contributed by atoms with E-state index in [1.165, 1.54) is 6.20 Å². The number of allylic oxidation sites excluding steroid dienone is 1. The van der Waals surface area contributed by atoms with E-state index in [9.17, 15) is 4.39 Å². The van der Waals surface area contributed by atoms with Crippen LogP contribution in [0.1, 0.15) is 12.0 Å². The van der Waals surface area contributed by atoms with E-state index in [-0.39, 0.29) is 0 Å². The topological polar surface area (TPSA) is 25.2 Å². The molecule has 13 heavy (non-hydrogen) atoms. The number of aromatic nitrogens is 1. The fourth-order valence-electron chi connectivity index (χ4n) is 1.34. The molecule has 0 N–H and O–H groups in total. The summed E-state index contributed by atoms with van der Waals surface area (Å²) < 4.78 is 13.2. The van der Waals surface area contributed by atoms with E-state index >= 15 is 0 Å². The summed E-state index contributed by atoms with van der Waals surface area (Å²) in [6.45, 7) is 0.736. The smallest absolute Gasteiger partial charge is 0.220 e. The summed E-state index contributed by atoms with van der Waals surface area (Å²) >= 11 is 0. The standard InChI is InChI=1S/C10H9FN2/c11-10-9(2-1-5-13-10)8-3-6-12-7-4-8/h1-3,5-6H,4,7H2. The third-order valence-corrected chi connectivity index (χ3v) is 2.00. The number of hydrogen-bond donors (Lipinski definition) is 0. The average Bonchev–Trinajstić information content (AvgIpc) is 2.20. The fraction of sp³-hybridized carbons (Fsp3) is 0.200.